The van der Waals surface area contributed by atoms with Crippen molar-refractivity contribution in [2.24, 2.45) is 0 Å². The zero-order valence-electron chi connectivity index (χ0n) is 41.6. The summed E-state index contributed by atoms with van der Waals surface area (Å²) in [6.07, 6.45) is 0. The van der Waals surface area contributed by atoms with Crippen molar-refractivity contribution in [2.75, 3.05) is 4.90 Å². The van der Waals surface area contributed by atoms with Crippen LogP contribution >= 0.6 is 0 Å². The molecule has 1 aromatic heterocycles. The van der Waals surface area contributed by atoms with E-state index in [4.69, 9.17) is 0 Å². The summed E-state index contributed by atoms with van der Waals surface area (Å²) in [6, 6.07) is 109. The highest BCUT2D eigenvalue weighted by Gasteiger charge is 2.52. The molecule has 354 valence electrons. The standard InChI is InChI=1S/C74H48N2/c1-2-18-51(19-3-1)73(65-27-11-4-20-57(65)58-21-5-12-28-66(58)73)52-38-44-54(45-39-52)75(53-40-34-49(35-41-53)50-36-42-55(43-37-50)76-71-32-16-9-25-63(71)64-26-10-17-33-72(64)76)56-46-47-62-61-24-8-15-31-69(61)74(70(62)48-56)67-29-13-6-22-59(67)60-23-7-14-30-68(60)74/h1-48H. The van der Waals surface area contributed by atoms with E-state index in [1.165, 1.54) is 111 Å². The van der Waals surface area contributed by atoms with E-state index in [1.54, 1.807) is 0 Å². The van der Waals surface area contributed by atoms with Crippen LogP contribution < -0.4 is 4.90 Å². The zero-order valence-corrected chi connectivity index (χ0v) is 41.6. The molecule has 0 atom stereocenters. The van der Waals surface area contributed by atoms with Gasteiger partial charge in [0.1, 0.15) is 0 Å². The van der Waals surface area contributed by atoms with Crippen molar-refractivity contribution < 1.29 is 0 Å². The number of rotatable bonds is 7. The topological polar surface area (TPSA) is 8.17 Å². The van der Waals surface area contributed by atoms with Crippen LogP contribution in [0.4, 0.5) is 17.1 Å². The first-order valence-corrected chi connectivity index (χ1v) is 26.5. The highest BCUT2D eigenvalue weighted by molar-refractivity contribution is 6.09. The minimum Gasteiger partial charge on any atom is -0.310 e. The van der Waals surface area contributed by atoms with Crippen molar-refractivity contribution in [2.45, 2.75) is 10.8 Å². The maximum atomic E-state index is 2.50. The van der Waals surface area contributed by atoms with Crippen LogP contribution in [-0.2, 0) is 10.8 Å². The number of fused-ring (bicyclic) bond motifs is 16. The molecule has 0 amide bonds. The van der Waals surface area contributed by atoms with Crippen LogP contribution in [0.1, 0.15) is 44.5 Å². The number of hydrogen-bond acceptors (Lipinski definition) is 1. The molecule has 13 aromatic rings. The number of hydrogen-bond donors (Lipinski definition) is 0. The van der Waals surface area contributed by atoms with Crippen molar-refractivity contribution in [3.8, 4) is 50.2 Å². The fourth-order valence-electron chi connectivity index (χ4n) is 14.0. The van der Waals surface area contributed by atoms with Gasteiger partial charge in [-0.3, -0.25) is 0 Å². The summed E-state index contributed by atoms with van der Waals surface area (Å²) >= 11 is 0. The lowest BCUT2D eigenvalue weighted by atomic mass is 9.67. The van der Waals surface area contributed by atoms with Crippen LogP contribution in [0, 0.1) is 0 Å². The molecule has 1 spiro atoms. The first-order valence-electron chi connectivity index (χ1n) is 26.5. The number of benzene rings is 12. The fourth-order valence-corrected chi connectivity index (χ4v) is 14.0. The second kappa shape index (κ2) is 16.4. The molecule has 3 aliphatic carbocycles. The third-order valence-electron chi connectivity index (χ3n) is 17.1. The van der Waals surface area contributed by atoms with Gasteiger partial charge < -0.3 is 9.47 Å². The van der Waals surface area contributed by atoms with Crippen LogP contribution in [-0.4, -0.2) is 4.57 Å². The average Bonchev–Trinajstić information content (AvgIpc) is 4.39. The van der Waals surface area contributed by atoms with Gasteiger partial charge in [0.05, 0.1) is 21.9 Å². The first kappa shape index (κ1) is 42.7. The molecule has 0 saturated carbocycles. The summed E-state index contributed by atoms with van der Waals surface area (Å²) < 4.78 is 2.38. The van der Waals surface area contributed by atoms with Gasteiger partial charge in [0.15, 0.2) is 0 Å². The van der Waals surface area contributed by atoms with E-state index in [1.807, 2.05) is 0 Å². The average molecular weight is 965 g/mol. The number of para-hydroxylation sites is 2. The molecule has 0 saturated heterocycles. The van der Waals surface area contributed by atoms with Gasteiger partial charge in [-0.15, -0.1) is 0 Å². The molecule has 0 radical (unpaired) electrons. The zero-order chi connectivity index (χ0) is 50.0. The molecule has 0 aliphatic heterocycles. The van der Waals surface area contributed by atoms with Crippen LogP contribution in [0.3, 0.4) is 0 Å². The second-order valence-electron chi connectivity index (χ2n) is 20.7. The smallest absolute Gasteiger partial charge is 0.0726 e. The Labute approximate surface area is 442 Å². The maximum Gasteiger partial charge on any atom is 0.0726 e. The lowest BCUT2D eigenvalue weighted by molar-refractivity contribution is 0.768. The Kier molecular flexibility index (Phi) is 9.20. The molecule has 0 fully saturated rings. The Balaban J connectivity index is 0.860. The van der Waals surface area contributed by atoms with Gasteiger partial charge in [-0.2, -0.15) is 0 Å². The fraction of sp³-hybridized carbons (Fsp3) is 0.0270. The van der Waals surface area contributed by atoms with Gasteiger partial charge in [0.2, 0.25) is 0 Å². The molecule has 0 N–H and O–H groups in total. The van der Waals surface area contributed by atoms with Gasteiger partial charge in [-0.1, -0.05) is 231 Å². The third kappa shape index (κ3) is 5.81. The summed E-state index contributed by atoms with van der Waals surface area (Å²) in [5.74, 6) is 0. The lowest BCUT2D eigenvalue weighted by Crippen LogP contribution is -2.28. The van der Waals surface area contributed by atoms with Crippen molar-refractivity contribution in [1.82, 2.24) is 4.57 Å². The van der Waals surface area contributed by atoms with Gasteiger partial charge in [-0.25, -0.2) is 0 Å². The molecule has 1 heterocycles. The van der Waals surface area contributed by atoms with E-state index in [0.717, 1.165) is 22.7 Å². The number of anilines is 3. The van der Waals surface area contributed by atoms with E-state index in [9.17, 15) is 0 Å². The summed E-state index contributed by atoms with van der Waals surface area (Å²) in [6.45, 7) is 0. The van der Waals surface area contributed by atoms with Gasteiger partial charge in [0.25, 0.3) is 0 Å². The van der Waals surface area contributed by atoms with E-state index < -0.39 is 10.8 Å². The molecule has 12 aromatic carbocycles. The molecule has 2 nitrogen and oxygen atoms in total. The summed E-state index contributed by atoms with van der Waals surface area (Å²) in [4.78, 5) is 2.47. The SMILES string of the molecule is c1ccc(C2(c3ccc(N(c4ccc(-c5ccc(-n6c7ccccc7c7ccccc76)cc5)cc4)c4ccc5c(c4)C4(c6ccccc6-c6ccccc64)c4ccccc4-5)cc3)c3ccccc3-c3ccccc32)cc1. The normalized spacial score (nSPS) is 13.7. The van der Waals surface area contributed by atoms with Crippen LogP contribution in [0.15, 0.2) is 291 Å². The summed E-state index contributed by atoms with van der Waals surface area (Å²) in [7, 11) is 0. The third-order valence-corrected chi connectivity index (χ3v) is 17.1. The maximum absolute atomic E-state index is 2.50. The minimum atomic E-state index is -0.495. The monoisotopic (exact) mass is 964 g/mol. The van der Waals surface area contributed by atoms with Crippen molar-refractivity contribution in [1.29, 1.82) is 0 Å². The molecule has 16 rings (SSSR count). The van der Waals surface area contributed by atoms with Crippen LogP contribution in [0.25, 0.3) is 72.0 Å². The largest absolute Gasteiger partial charge is 0.310 e. The Morgan fingerprint density at radius 2 is 0.605 bits per heavy atom. The van der Waals surface area contributed by atoms with E-state index >= 15 is 0 Å². The molecular weight excluding hydrogens is 917 g/mol. The lowest BCUT2D eigenvalue weighted by Gasteiger charge is -2.35. The van der Waals surface area contributed by atoms with Gasteiger partial charge in [-0.05, 0) is 150 Å². The minimum absolute atomic E-state index is 0.467. The van der Waals surface area contributed by atoms with Gasteiger partial charge in [0, 0.05) is 33.5 Å². The molecule has 3 aliphatic rings. The molecule has 0 bridgehead atoms. The highest BCUT2D eigenvalue weighted by atomic mass is 15.1. The Hall–Kier alpha value is -9.76. The second-order valence-corrected chi connectivity index (χ2v) is 20.7. The molecule has 0 unspecified atom stereocenters. The predicted octanol–water partition coefficient (Wildman–Crippen LogP) is 18.6. The summed E-state index contributed by atoms with van der Waals surface area (Å²) in [5, 5.41) is 2.53. The first-order chi connectivity index (χ1) is 37.7. The number of nitrogens with zero attached hydrogens (tertiary/aromatic N) is 2. The number of aromatic nitrogens is 1. The Morgan fingerprint density at radius 1 is 0.250 bits per heavy atom. The van der Waals surface area contributed by atoms with E-state index in [2.05, 4.69) is 301 Å². The molecule has 76 heavy (non-hydrogen) atoms. The summed E-state index contributed by atoms with van der Waals surface area (Å²) in [5.41, 5.74) is 26.5. The molecular formula is C74H48N2. The van der Waals surface area contributed by atoms with Crippen molar-refractivity contribution in [3.05, 3.63) is 336 Å². The van der Waals surface area contributed by atoms with Gasteiger partial charge >= 0.3 is 0 Å². The van der Waals surface area contributed by atoms with Crippen LogP contribution in [0.2, 0.25) is 0 Å². The van der Waals surface area contributed by atoms with Crippen LogP contribution in [0.5, 0.6) is 0 Å². The van der Waals surface area contributed by atoms with E-state index in [0.29, 0.717) is 0 Å². The Morgan fingerprint density at radius 3 is 1.09 bits per heavy atom. The van der Waals surface area contributed by atoms with E-state index in [-0.39, 0.29) is 0 Å². The quantitative estimate of drug-likeness (QED) is 0.155. The van der Waals surface area contributed by atoms with Crippen molar-refractivity contribution >= 4 is 38.9 Å². The Bertz CT molecular complexity index is 4280. The highest BCUT2D eigenvalue weighted by Crippen LogP contribution is 2.63. The molecule has 2 heteroatoms. The predicted molar refractivity (Wildman–Crippen MR) is 315 cm³/mol. The van der Waals surface area contributed by atoms with Crippen molar-refractivity contribution in [3.63, 3.8) is 0 Å².